The maximum atomic E-state index is 11.8. The van der Waals surface area contributed by atoms with E-state index in [0.29, 0.717) is 0 Å². The summed E-state index contributed by atoms with van der Waals surface area (Å²) in [6, 6.07) is 7.90. The number of carbonyl (C=O) groups excluding carboxylic acids is 1. The monoisotopic (exact) mass is 249 g/mol. The van der Waals surface area contributed by atoms with Gasteiger partial charge in [-0.1, -0.05) is 12.1 Å². The van der Waals surface area contributed by atoms with Crippen molar-refractivity contribution in [3.05, 3.63) is 29.8 Å². The molecule has 1 aromatic carbocycles. The third-order valence-corrected chi connectivity index (χ3v) is 3.53. The van der Waals surface area contributed by atoms with Gasteiger partial charge < -0.3 is 14.8 Å². The third kappa shape index (κ3) is 2.64. The fraction of sp³-hybridized carbons (Fsp3) is 0.500. The molecule has 2 rings (SSSR count). The summed E-state index contributed by atoms with van der Waals surface area (Å²) in [4.78, 5) is 11.8. The Morgan fingerprint density at radius 3 is 2.61 bits per heavy atom. The predicted octanol–water partition coefficient (Wildman–Crippen LogP) is 1.56. The predicted molar refractivity (Wildman–Crippen MR) is 68.7 cm³/mol. The molecule has 98 valence electrons. The minimum Gasteiger partial charge on any atom is -0.497 e. The van der Waals surface area contributed by atoms with Gasteiger partial charge in [-0.05, 0) is 30.7 Å². The van der Waals surface area contributed by atoms with Crippen LogP contribution in [0.4, 0.5) is 0 Å². The van der Waals surface area contributed by atoms with E-state index in [1.165, 1.54) is 7.11 Å². The van der Waals surface area contributed by atoms with Crippen molar-refractivity contribution in [2.45, 2.75) is 12.3 Å². The van der Waals surface area contributed by atoms with Gasteiger partial charge in [0.2, 0.25) is 0 Å². The van der Waals surface area contributed by atoms with Crippen molar-refractivity contribution in [3.8, 4) is 5.75 Å². The van der Waals surface area contributed by atoms with Gasteiger partial charge in [0, 0.05) is 12.5 Å². The van der Waals surface area contributed by atoms with Gasteiger partial charge in [0.25, 0.3) is 0 Å². The minimum atomic E-state index is -0.114. The zero-order valence-corrected chi connectivity index (χ0v) is 10.8. The van der Waals surface area contributed by atoms with E-state index in [-0.39, 0.29) is 17.8 Å². The molecule has 1 aliphatic rings. The summed E-state index contributed by atoms with van der Waals surface area (Å²) >= 11 is 0. The molecule has 4 heteroatoms. The molecule has 1 aromatic rings. The van der Waals surface area contributed by atoms with E-state index in [2.05, 4.69) is 5.32 Å². The number of hydrogen-bond donors (Lipinski definition) is 1. The summed E-state index contributed by atoms with van der Waals surface area (Å²) in [7, 11) is 3.10. The zero-order valence-electron chi connectivity index (χ0n) is 10.8. The highest BCUT2D eigenvalue weighted by Gasteiger charge is 2.32. The van der Waals surface area contributed by atoms with Crippen LogP contribution in [0.3, 0.4) is 0 Å². The first-order chi connectivity index (χ1) is 8.76. The Bertz CT molecular complexity index is 402. The fourth-order valence-electron chi connectivity index (χ4n) is 2.49. The molecule has 0 aliphatic carbocycles. The minimum absolute atomic E-state index is 0.0513. The third-order valence-electron chi connectivity index (χ3n) is 3.53. The molecule has 0 unspecified atom stereocenters. The Balaban J connectivity index is 2.19. The summed E-state index contributed by atoms with van der Waals surface area (Å²) in [5, 5.41) is 3.33. The molecular weight excluding hydrogens is 230 g/mol. The Morgan fingerprint density at radius 1 is 1.28 bits per heavy atom. The first kappa shape index (κ1) is 12.9. The molecule has 4 nitrogen and oxygen atoms in total. The number of carbonyl (C=O) groups is 1. The van der Waals surface area contributed by atoms with E-state index in [0.717, 1.165) is 30.8 Å². The van der Waals surface area contributed by atoms with Crippen LogP contribution in [0.5, 0.6) is 5.75 Å². The van der Waals surface area contributed by atoms with Crippen molar-refractivity contribution >= 4 is 5.97 Å². The Labute approximate surface area is 107 Å². The highest BCUT2D eigenvalue weighted by atomic mass is 16.5. The molecule has 1 heterocycles. The van der Waals surface area contributed by atoms with Crippen molar-refractivity contribution in [1.29, 1.82) is 0 Å². The lowest BCUT2D eigenvalue weighted by atomic mass is 9.81. The molecule has 0 radical (unpaired) electrons. The second kappa shape index (κ2) is 5.87. The molecule has 1 fully saturated rings. The van der Waals surface area contributed by atoms with E-state index in [1.807, 2.05) is 24.3 Å². The van der Waals surface area contributed by atoms with Gasteiger partial charge in [-0.15, -0.1) is 0 Å². The van der Waals surface area contributed by atoms with Gasteiger partial charge in [-0.3, -0.25) is 4.79 Å². The van der Waals surface area contributed by atoms with Crippen LogP contribution in [0.2, 0.25) is 0 Å². The molecular formula is C14H19NO3. The smallest absolute Gasteiger partial charge is 0.309 e. The van der Waals surface area contributed by atoms with Crippen molar-refractivity contribution < 1.29 is 14.3 Å². The van der Waals surface area contributed by atoms with Crippen LogP contribution >= 0.6 is 0 Å². The summed E-state index contributed by atoms with van der Waals surface area (Å²) in [5.41, 5.74) is 1.15. The quantitative estimate of drug-likeness (QED) is 0.826. The molecule has 0 amide bonds. The van der Waals surface area contributed by atoms with E-state index >= 15 is 0 Å². The van der Waals surface area contributed by atoms with E-state index in [4.69, 9.17) is 9.47 Å². The number of methoxy groups -OCH3 is 2. The lowest BCUT2D eigenvalue weighted by Crippen LogP contribution is -2.39. The maximum Gasteiger partial charge on any atom is 0.309 e. The topological polar surface area (TPSA) is 47.6 Å². The second-order valence-corrected chi connectivity index (χ2v) is 4.50. The number of hydrogen-bond acceptors (Lipinski definition) is 4. The number of piperidine rings is 1. The average molecular weight is 249 g/mol. The molecule has 0 bridgehead atoms. The van der Waals surface area contributed by atoms with E-state index < -0.39 is 0 Å². The van der Waals surface area contributed by atoms with Crippen LogP contribution in [0.1, 0.15) is 17.9 Å². The van der Waals surface area contributed by atoms with Crippen molar-refractivity contribution in [2.24, 2.45) is 5.92 Å². The first-order valence-electron chi connectivity index (χ1n) is 6.18. The largest absolute Gasteiger partial charge is 0.497 e. The number of nitrogens with one attached hydrogen (secondary N) is 1. The van der Waals surface area contributed by atoms with Gasteiger partial charge in [0.1, 0.15) is 5.75 Å². The summed E-state index contributed by atoms with van der Waals surface area (Å²) < 4.78 is 10.0. The van der Waals surface area contributed by atoms with Crippen molar-refractivity contribution in [1.82, 2.24) is 5.32 Å². The standard InChI is InChI=1S/C14H19NO3/c1-17-11-5-3-10(4-6-11)13-9-15-8-7-12(13)14(16)18-2/h3-6,12-13,15H,7-9H2,1-2H3/t12-,13+/m0/s1. The first-order valence-corrected chi connectivity index (χ1v) is 6.18. The van der Waals surface area contributed by atoms with Crippen LogP contribution in [0.15, 0.2) is 24.3 Å². The Morgan fingerprint density at radius 2 is 2.00 bits per heavy atom. The van der Waals surface area contributed by atoms with E-state index in [1.54, 1.807) is 7.11 Å². The lowest BCUT2D eigenvalue weighted by molar-refractivity contribution is -0.147. The summed E-state index contributed by atoms with van der Waals surface area (Å²) in [6.07, 6.45) is 0.823. The molecule has 1 saturated heterocycles. The number of rotatable bonds is 3. The molecule has 1 N–H and O–H groups in total. The zero-order chi connectivity index (χ0) is 13.0. The number of ether oxygens (including phenoxy) is 2. The van der Waals surface area contributed by atoms with Gasteiger partial charge in [0.15, 0.2) is 0 Å². The Hall–Kier alpha value is -1.55. The van der Waals surface area contributed by atoms with Gasteiger partial charge in [0.05, 0.1) is 20.1 Å². The summed E-state index contributed by atoms with van der Waals surface area (Å²) in [6.45, 7) is 1.68. The molecule has 0 saturated carbocycles. The van der Waals surface area contributed by atoms with Crippen LogP contribution in [-0.4, -0.2) is 33.3 Å². The van der Waals surface area contributed by atoms with Crippen LogP contribution in [0.25, 0.3) is 0 Å². The summed E-state index contributed by atoms with van der Waals surface area (Å²) in [5.74, 6) is 0.844. The highest BCUT2D eigenvalue weighted by Crippen LogP contribution is 2.31. The van der Waals surface area contributed by atoms with Crippen LogP contribution in [-0.2, 0) is 9.53 Å². The molecule has 18 heavy (non-hydrogen) atoms. The SMILES string of the molecule is COC(=O)[C@H]1CCNC[C@@H]1c1ccc(OC)cc1. The van der Waals surface area contributed by atoms with Crippen molar-refractivity contribution in [3.63, 3.8) is 0 Å². The van der Waals surface area contributed by atoms with Crippen LogP contribution in [0, 0.1) is 5.92 Å². The van der Waals surface area contributed by atoms with Gasteiger partial charge in [-0.25, -0.2) is 0 Å². The Kier molecular flexibility index (Phi) is 4.20. The molecule has 0 aromatic heterocycles. The van der Waals surface area contributed by atoms with Crippen LogP contribution < -0.4 is 10.1 Å². The fourth-order valence-corrected chi connectivity index (χ4v) is 2.49. The van der Waals surface area contributed by atoms with Gasteiger partial charge >= 0.3 is 5.97 Å². The number of esters is 1. The normalized spacial score (nSPS) is 23.4. The average Bonchev–Trinajstić information content (AvgIpc) is 2.46. The molecule has 1 aliphatic heterocycles. The van der Waals surface area contributed by atoms with E-state index in [9.17, 15) is 4.79 Å². The van der Waals surface area contributed by atoms with Gasteiger partial charge in [-0.2, -0.15) is 0 Å². The number of benzene rings is 1. The van der Waals surface area contributed by atoms with Crippen molar-refractivity contribution in [2.75, 3.05) is 27.3 Å². The second-order valence-electron chi connectivity index (χ2n) is 4.50. The molecule has 0 spiro atoms. The molecule has 2 atom stereocenters. The highest BCUT2D eigenvalue weighted by molar-refractivity contribution is 5.73. The maximum absolute atomic E-state index is 11.8. The lowest BCUT2D eigenvalue weighted by Gasteiger charge is -2.30.